The monoisotopic (exact) mass is 241 g/mol. The van der Waals surface area contributed by atoms with Gasteiger partial charge in [-0.15, -0.1) is 0 Å². The van der Waals surface area contributed by atoms with Crippen molar-refractivity contribution in [3.63, 3.8) is 0 Å². The number of carbonyl (C=O) groups excluding carboxylic acids is 1. The maximum Gasteiger partial charge on any atom is 0.332 e. The second kappa shape index (κ2) is 7.06. The Kier molecular flexibility index (Phi) is 5.69. The fraction of sp³-hybridized carbons (Fsp3) is 0.667. The van der Waals surface area contributed by atoms with Crippen molar-refractivity contribution in [2.45, 2.75) is 38.8 Å². The highest BCUT2D eigenvalue weighted by Gasteiger charge is 2.18. The lowest BCUT2D eigenvalue weighted by molar-refractivity contribution is -0.151. The number of ether oxygens (including phenoxy) is 1. The van der Waals surface area contributed by atoms with Crippen molar-refractivity contribution in [1.29, 1.82) is 0 Å². The molecule has 0 spiro atoms. The Morgan fingerprint density at radius 3 is 2.29 bits per heavy atom. The molecule has 0 aromatic carbocycles. The van der Waals surface area contributed by atoms with Crippen molar-refractivity contribution in [2.75, 3.05) is 13.1 Å². The molecule has 0 amide bonds. The molecule has 1 aliphatic heterocycles. The largest absolute Gasteiger partial charge is 0.478 e. The van der Waals surface area contributed by atoms with E-state index >= 15 is 0 Å². The van der Waals surface area contributed by atoms with E-state index in [4.69, 9.17) is 9.84 Å². The molecule has 5 nitrogen and oxygen atoms in total. The van der Waals surface area contributed by atoms with Crippen LogP contribution in [0.3, 0.4) is 0 Å². The molecule has 5 heteroatoms. The number of hydrogen-bond donors (Lipinski definition) is 1. The van der Waals surface area contributed by atoms with Gasteiger partial charge in [0.1, 0.15) is 0 Å². The molecule has 17 heavy (non-hydrogen) atoms. The maximum atomic E-state index is 11.3. The Labute approximate surface area is 101 Å². The minimum atomic E-state index is -1.15. The second-order valence-electron chi connectivity index (χ2n) is 4.16. The van der Waals surface area contributed by atoms with Gasteiger partial charge in [-0.3, -0.25) is 4.90 Å². The summed E-state index contributed by atoms with van der Waals surface area (Å²) in [5.74, 6) is -1.76. The van der Waals surface area contributed by atoms with E-state index in [0.29, 0.717) is 0 Å². The van der Waals surface area contributed by atoms with Crippen LogP contribution in [-0.4, -0.2) is 41.3 Å². The van der Waals surface area contributed by atoms with Gasteiger partial charge in [-0.05, 0) is 19.8 Å². The van der Waals surface area contributed by atoms with Crippen LogP contribution in [0, 0.1) is 0 Å². The standard InChI is InChI=1S/C12H19NO4/c1-10(13-8-4-2-3-5-9-13)17-12(16)7-6-11(14)15/h6-7,10H,2-5,8-9H2,1H3,(H,14,15)/b7-6-. The number of carbonyl (C=O) groups is 2. The maximum absolute atomic E-state index is 11.3. The molecular formula is C12H19NO4. The molecule has 1 rings (SSSR count). The summed E-state index contributed by atoms with van der Waals surface area (Å²) in [5, 5.41) is 8.38. The first-order valence-electron chi connectivity index (χ1n) is 5.95. The molecule has 1 saturated heterocycles. The zero-order valence-corrected chi connectivity index (χ0v) is 10.1. The Morgan fingerprint density at radius 2 is 1.76 bits per heavy atom. The Bertz CT molecular complexity index is 293. The van der Waals surface area contributed by atoms with Crippen molar-refractivity contribution < 1.29 is 19.4 Å². The van der Waals surface area contributed by atoms with Gasteiger partial charge in [0.2, 0.25) is 0 Å². The molecule has 0 radical (unpaired) electrons. The molecule has 1 unspecified atom stereocenters. The molecule has 96 valence electrons. The van der Waals surface area contributed by atoms with E-state index in [1.165, 1.54) is 12.8 Å². The molecule has 0 saturated carbocycles. The minimum absolute atomic E-state index is 0.293. The summed E-state index contributed by atoms with van der Waals surface area (Å²) in [5.41, 5.74) is 0. The highest BCUT2D eigenvalue weighted by molar-refractivity contribution is 5.90. The molecule has 1 fully saturated rings. The number of nitrogens with zero attached hydrogens (tertiary/aromatic N) is 1. The number of rotatable bonds is 4. The van der Waals surface area contributed by atoms with Crippen LogP contribution < -0.4 is 0 Å². The van der Waals surface area contributed by atoms with E-state index in [1.807, 2.05) is 6.92 Å². The van der Waals surface area contributed by atoms with Crippen molar-refractivity contribution >= 4 is 11.9 Å². The van der Waals surface area contributed by atoms with Gasteiger partial charge in [-0.1, -0.05) is 12.8 Å². The summed E-state index contributed by atoms with van der Waals surface area (Å²) >= 11 is 0. The molecule has 1 atom stereocenters. The SMILES string of the molecule is CC(OC(=O)/C=C\C(=O)O)N1CCCCCC1. The van der Waals surface area contributed by atoms with Crippen LogP contribution in [0.25, 0.3) is 0 Å². The van der Waals surface area contributed by atoms with E-state index in [1.54, 1.807) is 0 Å². The third-order valence-electron chi connectivity index (χ3n) is 2.80. The van der Waals surface area contributed by atoms with Gasteiger partial charge >= 0.3 is 11.9 Å². The summed E-state index contributed by atoms with van der Waals surface area (Å²) in [4.78, 5) is 23.6. The summed E-state index contributed by atoms with van der Waals surface area (Å²) in [6.07, 6.45) is 6.11. The second-order valence-corrected chi connectivity index (χ2v) is 4.16. The Hall–Kier alpha value is -1.36. The number of carboxylic acid groups (broad SMARTS) is 1. The van der Waals surface area contributed by atoms with E-state index in [2.05, 4.69) is 4.90 Å². The number of esters is 1. The van der Waals surface area contributed by atoms with Gasteiger partial charge in [-0.25, -0.2) is 9.59 Å². The van der Waals surface area contributed by atoms with Crippen molar-refractivity contribution in [2.24, 2.45) is 0 Å². The van der Waals surface area contributed by atoms with Gasteiger partial charge in [0, 0.05) is 25.2 Å². The first-order valence-corrected chi connectivity index (χ1v) is 5.95. The molecule has 1 aliphatic rings. The van der Waals surface area contributed by atoms with E-state index in [0.717, 1.165) is 38.1 Å². The number of hydrogen-bond acceptors (Lipinski definition) is 4. The molecule has 0 aromatic heterocycles. The number of aliphatic carboxylic acids is 1. The number of carboxylic acids is 1. The van der Waals surface area contributed by atoms with Gasteiger partial charge in [0.15, 0.2) is 6.23 Å². The van der Waals surface area contributed by atoms with E-state index in [9.17, 15) is 9.59 Å². The Balaban J connectivity index is 2.38. The third-order valence-corrected chi connectivity index (χ3v) is 2.80. The van der Waals surface area contributed by atoms with Crippen LogP contribution in [0.15, 0.2) is 12.2 Å². The fourth-order valence-corrected chi connectivity index (χ4v) is 1.88. The average Bonchev–Trinajstić information content (AvgIpc) is 2.54. The van der Waals surface area contributed by atoms with E-state index in [-0.39, 0.29) is 6.23 Å². The van der Waals surface area contributed by atoms with Crippen LogP contribution in [-0.2, 0) is 14.3 Å². The van der Waals surface area contributed by atoms with Crippen LogP contribution in [0.1, 0.15) is 32.6 Å². The van der Waals surface area contributed by atoms with Crippen LogP contribution in [0.4, 0.5) is 0 Å². The van der Waals surface area contributed by atoms with Gasteiger partial charge < -0.3 is 9.84 Å². The predicted molar refractivity (Wildman–Crippen MR) is 62.4 cm³/mol. The highest BCUT2D eigenvalue weighted by Crippen LogP contribution is 2.13. The van der Waals surface area contributed by atoms with Crippen molar-refractivity contribution in [3.05, 3.63) is 12.2 Å². The van der Waals surface area contributed by atoms with Gasteiger partial charge in [0.05, 0.1) is 0 Å². The topological polar surface area (TPSA) is 66.8 Å². The lowest BCUT2D eigenvalue weighted by Crippen LogP contribution is -2.37. The third kappa shape index (κ3) is 5.49. The highest BCUT2D eigenvalue weighted by atomic mass is 16.6. The number of likely N-dealkylation sites (tertiary alicyclic amines) is 1. The minimum Gasteiger partial charge on any atom is -0.478 e. The normalized spacial score (nSPS) is 19.8. The lowest BCUT2D eigenvalue weighted by atomic mass is 10.2. The fourth-order valence-electron chi connectivity index (χ4n) is 1.88. The molecule has 1 N–H and O–H groups in total. The predicted octanol–water partition coefficient (Wildman–Crippen LogP) is 1.39. The zero-order chi connectivity index (χ0) is 12.7. The zero-order valence-electron chi connectivity index (χ0n) is 10.1. The van der Waals surface area contributed by atoms with Crippen molar-refractivity contribution in [3.8, 4) is 0 Å². The first-order chi connectivity index (χ1) is 8.09. The molecule has 0 bridgehead atoms. The lowest BCUT2D eigenvalue weighted by Gasteiger charge is -2.26. The summed E-state index contributed by atoms with van der Waals surface area (Å²) in [6.45, 7) is 3.67. The van der Waals surface area contributed by atoms with Gasteiger partial charge in [-0.2, -0.15) is 0 Å². The van der Waals surface area contributed by atoms with Crippen LogP contribution in [0.2, 0.25) is 0 Å². The molecule has 0 aromatic rings. The summed E-state index contributed by atoms with van der Waals surface area (Å²) in [6, 6.07) is 0. The van der Waals surface area contributed by atoms with Crippen LogP contribution in [0.5, 0.6) is 0 Å². The Morgan fingerprint density at radius 1 is 1.18 bits per heavy atom. The smallest absolute Gasteiger partial charge is 0.332 e. The molecule has 1 heterocycles. The van der Waals surface area contributed by atoms with Gasteiger partial charge in [0.25, 0.3) is 0 Å². The first kappa shape index (κ1) is 13.7. The van der Waals surface area contributed by atoms with Crippen LogP contribution >= 0.6 is 0 Å². The molecular weight excluding hydrogens is 222 g/mol. The molecule has 0 aliphatic carbocycles. The average molecular weight is 241 g/mol. The van der Waals surface area contributed by atoms with Crippen molar-refractivity contribution in [1.82, 2.24) is 4.90 Å². The summed E-state index contributed by atoms with van der Waals surface area (Å²) in [7, 11) is 0. The van der Waals surface area contributed by atoms with E-state index < -0.39 is 11.9 Å². The summed E-state index contributed by atoms with van der Waals surface area (Å²) < 4.78 is 5.13. The quantitative estimate of drug-likeness (QED) is 0.595.